The molecule has 2 saturated heterocycles. The van der Waals surface area contributed by atoms with Crippen molar-refractivity contribution in [1.82, 2.24) is 34.0 Å². The van der Waals surface area contributed by atoms with Gasteiger partial charge in [0.05, 0.1) is 17.0 Å². The first-order chi connectivity index (χ1) is 20.0. The lowest BCUT2D eigenvalue weighted by molar-refractivity contribution is -0.133. The predicted molar refractivity (Wildman–Crippen MR) is 156 cm³/mol. The number of carbonyl (C=O) groups is 1. The number of H-pyrrole nitrogens is 1. The summed E-state index contributed by atoms with van der Waals surface area (Å²) in [7, 11) is 1.72. The zero-order chi connectivity index (χ0) is 28.1. The van der Waals surface area contributed by atoms with Crippen LogP contribution in [0.15, 0.2) is 59.9 Å². The van der Waals surface area contributed by atoms with Gasteiger partial charge in [-0.3, -0.25) is 14.3 Å². The highest BCUT2D eigenvalue weighted by atomic mass is 35.5. The van der Waals surface area contributed by atoms with Crippen molar-refractivity contribution in [2.45, 2.75) is 31.5 Å². The Kier molecular flexibility index (Phi) is 6.47. The normalized spacial score (nSPS) is 16.5. The molecule has 1 amide bonds. The molecule has 7 rings (SSSR count). The molecule has 2 aliphatic heterocycles. The number of amides is 1. The third-order valence-corrected chi connectivity index (χ3v) is 8.59. The Hall–Kier alpha value is -4.22. The smallest absolute Gasteiger partial charge is 0.327 e. The minimum atomic E-state index is -0.163. The molecule has 2 aliphatic rings. The maximum Gasteiger partial charge on any atom is 0.327 e. The van der Waals surface area contributed by atoms with Crippen LogP contribution in [0.5, 0.6) is 0 Å². The minimum absolute atomic E-state index is 0.00237. The zero-order valence-corrected chi connectivity index (χ0v) is 23.3. The Bertz CT molecular complexity index is 1810. The van der Waals surface area contributed by atoms with Crippen molar-refractivity contribution >= 4 is 45.5 Å². The van der Waals surface area contributed by atoms with Crippen LogP contribution in [-0.4, -0.2) is 79.3 Å². The first-order valence-electron chi connectivity index (χ1n) is 13.7. The van der Waals surface area contributed by atoms with Gasteiger partial charge in [-0.05, 0) is 31.0 Å². The fraction of sp³-hybridized carbons (Fsp3) is 0.345. The molecule has 11 nitrogen and oxygen atoms in total. The third kappa shape index (κ3) is 4.45. The summed E-state index contributed by atoms with van der Waals surface area (Å²) in [6, 6.07) is 11.4. The number of halogens is 1. The number of rotatable bonds is 6. The van der Waals surface area contributed by atoms with E-state index in [0.717, 1.165) is 40.9 Å². The number of hydrogen-bond acceptors (Lipinski definition) is 7. The molecule has 5 aromatic rings. The van der Waals surface area contributed by atoms with Crippen LogP contribution in [0.3, 0.4) is 0 Å². The molecule has 6 heterocycles. The number of imidazole rings is 1. The first-order valence-corrected chi connectivity index (χ1v) is 14.1. The van der Waals surface area contributed by atoms with E-state index in [9.17, 15) is 9.59 Å². The lowest BCUT2D eigenvalue weighted by Crippen LogP contribution is -2.52. The maximum atomic E-state index is 13.6. The molecular formula is C29H29ClN8O3. The molecule has 0 unspecified atom stereocenters. The van der Waals surface area contributed by atoms with E-state index in [-0.39, 0.29) is 30.3 Å². The Labute approximate surface area is 240 Å². The fourth-order valence-corrected chi connectivity index (χ4v) is 6.29. The number of hydrogen-bond donors (Lipinski definition) is 1. The van der Waals surface area contributed by atoms with E-state index in [1.165, 1.54) is 0 Å². The number of ether oxygens (including phenoxy) is 1. The van der Waals surface area contributed by atoms with Crippen LogP contribution in [-0.2, 0) is 16.1 Å². The number of benzene rings is 1. The summed E-state index contributed by atoms with van der Waals surface area (Å²) in [5, 5.41) is 1.49. The second-order valence-corrected chi connectivity index (χ2v) is 11.0. The quantitative estimate of drug-likeness (QED) is 0.331. The van der Waals surface area contributed by atoms with E-state index >= 15 is 0 Å². The van der Waals surface area contributed by atoms with Crippen LogP contribution >= 0.6 is 11.6 Å². The second-order valence-electron chi connectivity index (χ2n) is 10.6. The number of likely N-dealkylation sites (tertiary alicyclic amines) is 1. The highest BCUT2D eigenvalue weighted by molar-refractivity contribution is 6.33. The highest BCUT2D eigenvalue weighted by Crippen LogP contribution is 2.39. The molecular weight excluding hydrogens is 544 g/mol. The lowest BCUT2D eigenvalue weighted by atomic mass is 10.0. The molecule has 0 bridgehead atoms. The summed E-state index contributed by atoms with van der Waals surface area (Å²) < 4.78 is 9.16. The molecule has 0 radical (unpaired) electrons. The first kappa shape index (κ1) is 25.7. The summed E-state index contributed by atoms with van der Waals surface area (Å²) in [6.07, 6.45) is 6.71. The monoisotopic (exact) mass is 572 g/mol. The van der Waals surface area contributed by atoms with Crippen LogP contribution < -0.4 is 10.6 Å². The molecule has 12 heteroatoms. The maximum absolute atomic E-state index is 13.6. The summed E-state index contributed by atoms with van der Waals surface area (Å²) in [5.74, 6) is 0.812. The number of carbonyl (C=O) groups excluding carboxylic acids is 1. The van der Waals surface area contributed by atoms with Crippen LogP contribution in [0.4, 0.5) is 5.82 Å². The van der Waals surface area contributed by atoms with E-state index in [0.29, 0.717) is 42.2 Å². The van der Waals surface area contributed by atoms with Gasteiger partial charge in [0.2, 0.25) is 5.91 Å². The van der Waals surface area contributed by atoms with Gasteiger partial charge in [0.25, 0.3) is 0 Å². The summed E-state index contributed by atoms with van der Waals surface area (Å²) >= 11 is 6.64. The number of fused-ring (bicyclic) bond motifs is 2. The average molecular weight is 573 g/mol. The average Bonchev–Trinajstić information content (AvgIpc) is 3.50. The van der Waals surface area contributed by atoms with Crippen molar-refractivity contribution < 1.29 is 9.53 Å². The van der Waals surface area contributed by atoms with Crippen molar-refractivity contribution in [3.8, 4) is 11.1 Å². The Morgan fingerprint density at radius 2 is 1.88 bits per heavy atom. The standard InChI is InChI=1S/C29H29ClN8O3/c1-41-19-13-36(14-19)27-25-21(20-5-2-3-6-22(20)30)15-37(28(25)33-17-32-27)16-24(39)35-11-8-18(9-12-35)38-23-7-4-10-31-26(23)34-29(38)40/h2-7,10,15,17-19H,8-9,11-14,16H2,1H3,(H,31,34,40). The SMILES string of the molecule is COC1CN(c2ncnc3c2c(-c2ccccc2Cl)cn3CC(=O)N2CCC(n3c(=O)[nH]c4ncccc43)CC2)C1. The van der Waals surface area contributed by atoms with Crippen molar-refractivity contribution in [2.24, 2.45) is 0 Å². The molecule has 1 aromatic carbocycles. The van der Waals surface area contributed by atoms with Crippen LogP contribution in [0.1, 0.15) is 18.9 Å². The van der Waals surface area contributed by atoms with Crippen molar-refractivity contribution in [1.29, 1.82) is 0 Å². The second kappa shape index (κ2) is 10.3. The van der Waals surface area contributed by atoms with Gasteiger partial charge in [0.1, 0.15) is 24.3 Å². The molecule has 210 valence electrons. The van der Waals surface area contributed by atoms with Gasteiger partial charge in [-0.15, -0.1) is 0 Å². The number of piperidine rings is 1. The number of anilines is 1. The molecule has 0 aliphatic carbocycles. The van der Waals surface area contributed by atoms with Crippen molar-refractivity contribution in [3.63, 3.8) is 0 Å². The summed E-state index contributed by atoms with van der Waals surface area (Å²) in [5.41, 5.74) is 3.66. The molecule has 0 spiro atoms. The Balaban J connectivity index is 1.16. The Morgan fingerprint density at radius 3 is 2.66 bits per heavy atom. The number of methoxy groups -OCH3 is 1. The summed E-state index contributed by atoms with van der Waals surface area (Å²) in [4.78, 5) is 46.6. The van der Waals surface area contributed by atoms with Gasteiger partial charge in [0, 0.05) is 67.9 Å². The van der Waals surface area contributed by atoms with E-state index in [1.54, 1.807) is 24.2 Å². The van der Waals surface area contributed by atoms with Gasteiger partial charge in [-0.25, -0.2) is 19.7 Å². The Morgan fingerprint density at radius 1 is 1.07 bits per heavy atom. The molecule has 2 fully saturated rings. The molecule has 0 atom stereocenters. The van der Waals surface area contributed by atoms with Gasteiger partial charge in [0.15, 0.2) is 5.65 Å². The summed E-state index contributed by atoms with van der Waals surface area (Å²) in [6.45, 7) is 2.73. The third-order valence-electron chi connectivity index (χ3n) is 8.26. The molecule has 1 N–H and O–H groups in total. The van der Waals surface area contributed by atoms with Crippen LogP contribution in [0.25, 0.3) is 33.3 Å². The van der Waals surface area contributed by atoms with Crippen LogP contribution in [0, 0.1) is 0 Å². The number of pyridine rings is 1. The number of aromatic amines is 1. The van der Waals surface area contributed by atoms with E-state index < -0.39 is 0 Å². The van der Waals surface area contributed by atoms with Gasteiger partial charge in [-0.2, -0.15) is 0 Å². The minimum Gasteiger partial charge on any atom is -0.378 e. The lowest BCUT2D eigenvalue weighted by Gasteiger charge is -2.39. The highest BCUT2D eigenvalue weighted by Gasteiger charge is 2.32. The molecule has 41 heavy (non-hydrogen) atoms. The van der Waals surface area contributed by atoms with Crippen LogP contribution in [0.2, 0.25) is 5.02 Å². The molecule has 4 aromatic heterocycles. The number of nitrogens with one attached hydrogen (secondary N) is 1. The molecule has 0 saturated carbocycles. The van der Waals surface area contributed by atoms with E-state index in [1.807, 2.05) is 52.1 Å². The van der Waals surface area contributed by atoms with Gasteiger partial charge in [-0.1, -0.05) is 29.8 Å². The van der Waals surface area contributed by atoms with Gasteiger partial charge < -0.3 is 19.1 Å². The van der Waals surface area contributed by atoms with Crippen molar-refractivity contribution in [3.05, 3.63) is 70.6 Å². The largest absolute Gasteiger partial charge is 0.378 e. The fourth-order valence-electron chi connectivity index (χ4n) is 6.05. The van der Waals surface area contributed by atoms with E-state index in [2.05, 4.69) is 24.8 Å². The zero-order valence-electron chi connectivity index (χ0n) is 22.5. The van der Waals surface area contributed by atoms with Gasteiger partial charge >= 0.3 is 5.69 Å². The number of aromatic nitrogens is 6. The van der Waals surface area contributed by atoms with E-state index in [4.69, 9.17) is 16.3 Å². The number of nitrogens with zero attached hydrogens (tertiary/aromatic N) is 7. The topological polar surface area (TPSA) is 114 Å². The predicted octanol–water partition coefficient (Wildman–Crippen LogP) is 3.49. The van der Waals surface area contributed by atoms with Crippen molar-refractivity contribution in [2.75, 3.05) is 38.2 Å².